The average Bonchev–Trinajstić information content (AvgIpc) is 3.24. The largest absolute Gasteiger partial charge is 0.458 e. The Balaban J connectivity index is 1.69. The normalized spacial score (nSPS) is 21.3. The fourth-order valence-corrected chi connectivity index (χ4v) is 5.65. The number of pyridine rings is 1. The van der Waals surface area contributed by atoms with Crippen LogP contribution in [0.2, 0.25) is 0 Å². The Morgan fingerprint density at radius 3 is 2.62 bits per heavy atom. The van der Waals surface area contributed by atoms with Crippen molar-refractivity contribution < 1.29 is 18.5 Å². The molecule has 1 aromatic carbocycles. The molecule has 2 aromatic heterocycles. The maximum Gasteiger partial charge on any atom is 0.335 e. The Bertz CT molecular complexity index is 1570. The molecule has 11 nitrogen and oxygen atoms in total. The van der Waals surface area contributed by atoms with Crippen LogP contribution in [0.1, 0.15) is 53.9 Å². The third-order valence-corrected chi connectivity index (χ3v) is 8.99. The predicted octanol–water partition coefficient (Wildman–Crippen LogP) is 4.41. The number of anilines is 2. The number of esters is 1. The lowest BCUT2D eigenvalue weighted by atomic mass is 9.87. The quantitative estimate of drug-likeness (QED) is 0.362. The second kappa shape index (κ2) is 10.5. The molecular weight excluding hydrogens is 520 g/mol. The molecule has 0 unspecified atom stereocenters. The van der Waals surface area contributed by atoms with Gasteiger partial charge in [-0.05, 0) is 77.8 Å². The summed E-state index contributed by atoms with van der Waals surface area (Å²) in [5.41, 5.74) is -0.807. The number of ether oxygens (including phenoxy) is 2. The topological polar surface area (TPSA) is 163 Å². The first kappa shape index (κ1) is 28.3. The Morgan fingerprint density at radius 1 is 1.36 bits per heavy atom. The van der Waals surface area contributed by atoms with Crippen LogP contribution in [0.4, 0.5) is 11.5 Å². The lowest BCUT2D eigenvalue weighted by molar-refractivity contribution is -0.176. The smallest absolute Gasteiger partial charge is 0.335 e. The zero-order chi connectivity index (χ0) is 28.6. The molecule has 3 atom stereocenters. The van der Waals surface area contributed by atoms with Crippen molar-refractivity contribution in [2.75, 3.05) is 11.9 Å². The summed E-state index contributed by atoms with van der Waals surface area (Å²) in [5, 5.41) is 17.6. The molecule has 12 heteroatoms. The zero-order valence-electron chi connectivity index (χ0n) is 22.7. The van der Waals surface area contributed by atoms with E-state index in [9.17, 15) is 19.1 Å². The Labute approximate surface area is 227 Å². The van der Waals surface area contributed by atoms with Gasteiger partial charge in [0.25, 0.3) is 5.56 Å². The SMILES string of the molecule is CC(C)[S@](=N)(=O)c1ccc(Nc2nn([C@]3(CC#N)CC[C@@H](C(=O)OC(C)(C)C)OC3)c3cc[nH]c(=O)c23)cc1. The van der Waals surface area contributed by atoms with E-state index < -0.39 is 32.9 Å². The number of fused-ring (bicyclic) bond motifs is 1. The van der Waals surface area contributed by atoms with Gasteiger partial charge < -0.3 is 19.8 Å². The van der Waals surface area contributed by atoms with E-state index in [0.717, 1.165) is 0 Å². The van der Waals surface area contributed by atoms with E-state index >= 15 is 0 Å². The summed E-state index contributed by atoms with van der Waals surface area (Å²) >= 11 is 0. The molecule has 3 aromatic rings. The Kier molecular flexibility index (Phi) is 7.60. The fraction of sp³-hybridized carbons (Fsp3) is 0.481. The summed E-state index contributed by atoms with van der Waals surface area (Å²) in [7, 11) is -2.93. The first-order valence-corrected chi connectivity index (χ1v) is 14.4. The highest BCUT2D eigenvalue weighted by atomic mass is 32.2. The number of nitrogens with zero attached hydrogens (tertiary/aromatic N) is 3. The third-order valence-electron chi connectivity index (χ3n) is 6.69. The van der Waals surface area contributed by atoms with Gasteiger partial charge in [0.2, 0.25) is 0 Å². The van der Waals surface area contributed by atoms with Gasteiger partial charge in [-0.15, -0.1) is 0 Å². The first-order valence-electron chi connectivity index (χ1n) is 12.7. The first-order chi connectivity index (χ1) is 18.3. The van der Waals surface area contributed by atoms with E-state index in [1.165, 1.54) is 6.20 Å². The van der Waals surface area contributed by atoms with Crippen LogP contribution in [0.15, 0.2) is 46.2 Å². The summed E-state index contributed by atoms with van der Waals surface area (Å²) in [6, 6.07) is 10.6. The van der Waals surface area contributed by atoms with Gasteiger partial charge in [0.15, 0.2) is 11.9 Å². The van der Waals surface area contributed by atoms with E-state index in [2.05, 4.69) is 16.4 Å². The van der Waals surface area contributed by atoms with E-state index in [0.29, 0.717) is 34.3 Å². The maximum absolute atomic E-state index is 12.9. The molecule has 1 aliphatic heterocycles. The molecule has 208 valence electrons. The fourth-order valence-electron chi connectivity index (χ4n) is 4.57. The minimum atomic E-state index is -2.93. The van der Waals surface area contributed by atoms with Crippen molar-refractivity contribution in [2.24, 2.45) is 0 Å². The van der Waals surface area contributed by atoms with Crippen molar-refractivity contribution in [3.63, 3.8) is 0 Å². The highest BCUT2D eigenvalue weighted by Gasteiger charge is 2.43. The molecule has 0 saturated carbocycles. The van der Waals surface area contributed by atoms with Crippen LogP contribution in [0.25, 0.3) is 10.9 Å². The number of aromatic nitrogens is 3. The molecule has 0 radical (unpaired) electrons. The summed E-state index contributed by atoms with van der Waals surface area (Å²) in [4.78, 5) is 28.6. The Hall–Kier alpha value is -3.69. The van der Waals surface area contributed by atoms with Gasteiger partial charge in [-0.25, -0.2) is 13.8 Å². The number of hydrogen-bond acceptors (Lipinski definition) is 9. The van der Waals surface area contributed by atoms with Gasteiger partial charge in [-0.1, -0.05) is 0 Å². The van der Waals surface area contributed by atoms with Gasteiger partial charge in [0, 0.05) is 22.0 Å². The highest BCUT2D eigenvalue weighted by molar-refractivity contribution is 7.93. The molecule has 0 spiro atoms. The second-order valence-electron chi connectivity index (χ2n) is 11.1. The standard InChI is InChI=1S/C27H34N6O5S/c1-17(2)39(29,36)19-8-6-18(7-9-19)31-23-22-20(11-15-30-24(22)34)33(32-23)27(13-14-28)12-10-21(37-16-27)25(35)38-26(3,4)5/h6-9,11,15,17,21,29H,10,12-13,16H2,1-5H3,(H,30,34)(H,31,32)/t21-,27-,39-/m0/s1. The number of hydrogen-bond donors (Lipinski definition) is 3. The zero-order valence-corrected chi connectivity index (χ0v) is 23.6. The van der Waals surface area contributed by atoms with Crippen molar-refractivity contribution in [2.45, 2.75) is 81.3 Å². The number of nitriles is 1. The molecule has 39 heavy (non-hydrogen) atoms. The van der Waals surface area contributed by atoms with Gasteiger partial charge in [0.05, 0.1) is 39.9 Å². The van der Waals surface area contributed by atoms with Crippen molar-refractivity contribution in [3.05, 3.63) is 46.9 Å². The minimum absolute atomic E-state index is 0.0370. The highest BCUT2D eigenvalue weighted by Crippen LogP contribution is 2.37. The number of H-pyrrole nitrogens is 1. The van der Waals surface area contributed by atoms with Gasteiger partial charge in [-0.2, -0.15) is 10.4 Å². The number of rotatable bonds is 7. The molecule has 1 fully saturated rings. The minimum Gasteiger partial charge on any atom is -0.458 e. The molecular formula is C27H34N6O5S. The molecule has 3 N–H and O–H groups in total. The average molecular weight is 555 g/mol. The van der Waals surface area contributed by atoms with Crippen molar-refractivity contribution in [3.8, 4) is 6.07 Å². The van der Waals surface area contributed by atoms with Crippen LogP contribution in [-0.2, 0) is 29.5 Å². The van der Waals surface area contributed by atoms with E-state index in [1.807, 2.05) is 0 Å². The van der Waals surface area contributed by atoms with Crippen LogP contribution in [-0.4, -0.2) is 48.5 Å². The van der Waals surface area contributed by atoms with E-state index in [4.69, 9.17) is 19.4 Å². The lowest BCUT2D eigenvalue weighted by Crippen LogP contribution is -2.47. The molecule has 4 rings (SSSR count). The van der Waals surface area contributed by atoms with Gasteiger partial charge in [0.1, 0.15) is 11.0 Å². The molecule has 0 aliphatic carbocycles. The maximum atomic E-state index is 12.9. The summed E-state index contributed by atoms with van der Waals surface area (Å²) < 4.78 is 34.0. The van der Waals surface area contributed by atoms with Crippen molar-refractivity contribution in [1.29, 1.82) is 10.0 Å². The molecule has 1 aliphatic rings. The van der Waals surface area contributed by atoms with Crippen LogP contribution in [0.3, 0.4) is 0 Å². The number of carbonyl (C=O) groups excluding carboxylic acids is 1. The van der Waals surface area contributed by atoms with E-state index in [-0.39, 0.29) is 29.7 Å². The molecule has 0 bridgehead atoms. The van der Waals surface area contributed by atoms with Crippen molar-refractivity contribution >= 4 is 38.1 Å². The van der Waals surface area contributed by atoms with Crippen LogP contribution in [0, 0.1) is 16.1 Å². The van der Waals surface area contributed by atoms with Crippen LogP contribution >= 0.6 is 0 Å². The van der Waals surface area contributed by atoms with Gasteiger partial charge >= 0.3 is 5.97 Å². The van der Waals surface area contributed by atoms with Crippen molar-refractivity contribution in [1.82, 2.24) is 14.8 Å². The molecule has 3 heterocycles. The summed E-state index contributed by atoms with van der Waals surface area (Å²) in [6.07, 6.45) is 1.56. The third kappa shape index (κ3) is 5.69. The number of aromatic amines is 1. The second-order valence-corrected chi connectivity index (χ2v) is 13.7. The number of benzene rings is 1. The summed E-state index contributed by atoms with van der Waals surface area (Å²) in [5.74, 6) is -0.170. The molecule has 1 saturated heterocycles. The lowest BCUT2D eigenvalue weighted by Gasteiger charge is -2.39. The Morgan fingerprint density at radius 2 is 2.05 bits per heavy atom. The summed E-state index contributed by atoms with van der Waals surface area (Å²) in [6.45, 7) is 8.90. The number of nitrogens with one attached hydrogen (secondary N) is 3. The van der Waals surface area contributed by atoms with Crippen LogP contribution < -0.4 is 10.9 Å². The predicted molar refractivity (Wildman–Crippen MR) is 147 cm³/mol. The van der Waals surface area contributed by atoms with E-state index in [1.54, 1.807) is 69.6 Å². The monoisotopic (exact) mass is 554 g/mol. The van der Waals surface area contributed by atoms with Gasteiger partial charge in [-0.3, -0.25) is 9.48 Å². The van der Waals surface area contributed by atoms with Crippen LogP contribution in [0.5, 0.6) is 0 Å². The number of carbonyl (C=O) groups is 1. The molecule has 0 amide bonds.